The molecule has 0 amide bonds. The number of hydrogen-bond donors (Lipinski definition) is 1. The molecule has 3 rings (SSSR count). The van der Waals surface area contributed by atoms with Gasteiger partial charge in [0.15, 0.2) is 9.84 Å². The van der Waals surface area contributed by atoms with E-state index in [1.807, 2.05) is 24.3 Å². The Labute approximate surface area is 139 Å². The minimum atomic E-state index is -2.97. The molecular weight excluding hydrogens is 310 g/mol. The maximum absolute atomic E-state index is 11.3. The average Bonchev–Trinajstić information content (AvgIpc) is 2.47. The van der Waals surface area contributed by atoms with Crippen molar-refractivity contribution < 1.29 is 13.2 Å². The lowest BCUT2D eigenvalue weighted by atomic mass is 9.55. The Morgan fingerprint density at radius 2 is 1.87 bits per heavy atom. The van der Waals surface area contributed by atoms with Crippen LogP contribution in [0.25, 0.3) is 0 Å². The zero-order valence-electron chi connectivity index (χ0n) is 14.2. The summed E-state index contributed by atoms with van der Waals surface area (Å²) in [5, 5.41) is 3.69. The van der Waals surface area contributed by atoms with Gasteiger partial charge in [0.05, 0.1) is 11.9 Å². The molecule has 1 aliphatic heterocycles. The van der Waals surface area contributed by atoms with Crippen molar-refractivity contribution in [3.8, 4) is 0 Å². The van der Waals surface area contributed by atoms with Crippen LogP contribution >= 0.6 is 0 Å². The first-order valence-corrected chi connectivity index (χ1v) is 10.4. The first-order chi connectivity index (χ1) is 10.8. The average molecular weight is 337 g/mol. The van der Waals surface area contributed by atoms with E-state index in [-0.39, 0.29) is 11.2 Å². The van der Waals surface area contributed by atoms with Crippen molar-refractivity contribution in [3.05, 3.63) is 35.4 Å². The second-order valence-corrected chi connectivity index (χ2v) is 9.80. The molecule has 2 aliphatic rings. The molecule has 0 unspecified atom stereocenters. The lowest BCUT2D eigenvalue weighted by Gasteiger charge is -2.60. The van der Waals surface area contributed by atoms with E-state index in [4.69, 9.17) is 4.74 Å². The Balaban J connectivity index is 1.58. The Bertz CT molecular complexity index is 651. The minimum absolute atomic E-state index is 0.109. The number of hydrogen-bond acceptors (Lipinski definition) is 4. The molecule has 0 bridgehead atoms. The van der Waals surface area contributed by atoms with Crippen molar-refractivity contribution in [2.45, 2.75) is 51.1 Å². The lowest BCUT2D eigenvalue weighted by molar-refractivity contribution is -0.192. The molecule has 1 N–H and O–H groups in total. The van der Waals surface area contributed by atoms with Crippen molar-refractivity contribution in [1.82, 2.24) is 5.32 Å². The Kier molecular flexibility index (Phi) is 4.55. The summed E-state index contributed by atoms with van der Waals surface area (Å²) in [6.07, 6.45) is 4.07. The summed E-state index contributed by atoms with van der Waals surface area (Å²) in [5.41, 5.74) is 2.22. The molecule has 23 heavy (non-hydrogen) atoms. The van der Waals surface area contributed by atoms with Gasteiger partial charge in [-0.2, -0.15) is 0 Å². The SMILES string of the molecule is CC1(C)[C@H](NCc2ccc(CS(C)(=O)=O)cc2)[C@H]2CCCO[C@H]21. The van der Waals surface area contributed by atoms with Crippen molar-refractivity contribution in [1.29, 1.82) is 0 Å². The van der Waals surface area contributed by atoms with Gasteiger partial charge >= 0.3 is 0 Å². The number of benzene rings is 1. The van der Waals surface area contributed by atoms with Gasteiger partial charge in [-0.3, -0.25) is 0 Å². The van der Waals surface area contributed by atoms with Gasteiger partial charge in [-0.05, 0) is 24.0 Å². The van der Waals surface area contributed by atoms with E-state index in [9.17, 15) is 8.42 Å². The summed E-state index contributed by atoms with van der Waals surface area (Å²) in [6, 6.07) is 8.36. The maximum atomic E-state index is 11.3. The van der Waals surface area contributed by atoms with Crippen molar-refractivity contribution in [2.75, 3.05) is 12.9 Å². The Morgan fingerprint density at radius 3 is 2.52 bits per heavy atom. The molecule has 0 spiro atoms. The molecular formula is C18H27NO3S. The molecule has 3 atom stereocenters. The fourth-order valence-electron chi connectivity index (χ4n) is 4.22. The van der Waals surface area contributed by atoms with Crippen LogP contribution in [0.3, 0.4) is 0 Å². The van der Waals surface area contributed by atoms with E-state index in [0.29, 0.717) is 18.1 Å². The fourth-order valence-corrected chi connectivity index (χ4v) is 5.02. The third-order valence-corrected chi connectivity index (χ3v) is 6.17. The lowest BCUT2D eigenvalue weighted by Crippen LogP contribution is -2.69. The van der Waals surface area contributed by atoms with Crippen LogP contribution in [0.5, 0.6) is 0 Å². The third-order valence-electron chi connectivity index (χ3n) is 5.31. The van der Waals surface area contributed by atoms with E-state index < -0.39 is 9.84 Å². The molecule has 128 valence electrons. The molecule has 1 heterocycles. The third kappa shape index (κ3) is 3.62. The monoisotopic (exact) mass is 337 g/mol. The summed E-state index contributed by atoms with van der Waals surface area (Å²) in [5.74, 6) is 0.737. The van der Waals surface area contributed by atoms with Crippen LogP contribution < -0.4 is 5.32 Å². The Hall–Kier alpha value is -0.910. The molecule has 1 saturated carbocycles. The predicted octanol–water partition coefficient (Wildman–Crippen LogP) is 2.52. The van der Waals surface area contributed by atoms with Crippen molar-refractivity contribution in [3.63, 3.8) is 0 Å². The fraction of sp³-hybridized carbons (Fsp3) is 0.667. The highest BCUT2D eigenvalue weighted by Gasteiger charge is 2.57. The van der Waals surface area contributed by atoms with E-state index in [0.717, 1.165) is 25.1 Å². The summed E-state index contributed by atoms with van der Waals surface area (Å²) < 4.78 is 28.6. The van der Waals surface area contributed by atoms with Gasteiger partial charge in [0, 0.05) is 36.8 Å². The zero-order valence-corrected chi connectivity index (χ0v) is 15.0. The summed E-state index contributed by atoms with van der Waals surface area (Å²) >= 11 is 0. The molecule has 1 saturated heterocycles. The largest absolute Gasteiger partial charge is 0.377 e. The van der Waals surface area contributed by atoms with Crippen LogP contribution in [0.4, 0.5) is 0 Å². The summed E-state index contributed by atoms with van der Waals surface area (Å²) in [6.45, 7) is 6.29. The topological polar surface area (TPSA) is 55.4 Å². The maximum Gasteiger partial charge on any atom is 0.151 e. The van der Waals surface area contributed by atoms with Crippen LogP contribution in [0.1, 0.15) is 37.8 Å². The smallest absolute Gasteiger partial charge is 0.151 e. The molecule has 1 aromatic carbocycles. The first kappa shape index (κ1) is 16.9. The molecule has 1 aliphatic carbocycles. The molecule has 5 heteroatoms. The van der Waals surface area contributed by atoms with E-state index in [1.165, 1.54) is 18.2 Å². The second kappa shape index (κ2) is 6.19. The van der Waals surface area contributed by atoms with Gasteiger partial charge in [-0.25, -0.2) is 8.42 Å². The van der Waals surface area contributed by atoms with Crippen molar-refractivity contribution in [2.24, 2.45) is 11.3 Å². The summed E-state index contributed by atoms with van der Waals surface area (Å²) in [7, 11) is -2.97. The van der Waals surface area contributed by atoms with Crippen molar-refractivity contribution >= 4 is 9.84 Å². The standard InChI is InChI=1S/C18H27NO3S/c1-18(2)16(15-5-4-10-22-17(15)18)19-11-13-6-8-14(9-7-13)12-23(3,20)21/h6-9,15-17,19H,4-5,10-12H2,1-3H3/t15-,16-,17-/m1/s1. The molecule has 4 nitrogen and oxygen atoms in total. The highest BCUT2D eigenvalue weighted by molar-refractivity contribution is 7.89. The van der Waals surface area contributed by atoms with Crippen LogP contribution in [0, 0.1) is 11.3 Å². The normalized spacial score (nSPS) is 29.6. The second-order valence-electron chi connectivity index (χ2n) is 7.66. The zero-order chi connectivity index (χ0) is 16.7. The highest BCUT2D eigenvalue weighted by atomic mass is 32.2. The Morgan fingerprint density at radius 1 is 1.22 bits per heavy atom. The van der Waals surface area contributed by atoms with E-state index >= 15 is 0 Å². The van der Waals surface area contributed by atoms with Crippen LogP contribution in [-0.2, 0) is 26.9 Å². The summed E-state index contributed by atoms with van der Waals surface area (Å²) in [4.78, 5) is 0. The van der Waals surface area contributed by atoms with E-state index in [1.54, 1.807) is 0 Å². The highest BCUT2D eigenvalue weighted by Crippen LogP contribution is 2.51. The number of fused-ring (bicyclic) bond motifs is 1. The van der Waals surface area contributed by atoms with Gasteiger partial charge < -0.3 is 10.1 Å². The molecule has 0 aromatic heterocycles. The van der Waals surface area contributed by atoms with Gasteiger partial charge in [0.2, 0.25) is 0 Å². The van der Waals surface area contributed by atoms with Gasteiger partial charge in [0.1, 0.15) is 0 Å². The van der Waals surface area contributed by atoms with Crippen LogP contribution in [-0.4, -0.2) is 33.4 Å². The number of nitrogens with one attached hydrogen (secondary N) is 1. The molecule has 2 fully saturated rings. The van der Waals surface area contributed by atoms with Gasteiger partial charge in [-0.1, -0.05) is 38.1 Å². The minimum Gasteiger partial charge on any atom is -0.377 e. The first-order valence-electron chi connectivity index (χ1n) is 8.38. The molecule has 0 radical (unpaired) electrons. The van der Waals surface area contributed by atoms with E-state index in [2.05, 4.69) is 19.2 Å². The van der Waals surface area contributed by atoms with Gasteiger partial charge in [-0.15, -0.1) is 0 Å². The quantitative estimate of drug-likeness (QED) is 0.897. The number of sulfone groups is 1. The number of ether oxygens (including phenoxy) is 1. The molecule has 1 aromatic rings. The van der Waals surface area contributed by atoms with Crippen LogP contribution in [0.15, 0.2) is 24.3 Å². The van der Waals surface area contributed by atoms with Crippen LogP contribution in [0.2, 0.25) is 0 Å². The number of rotatable bonds is 5. The van der Waals surface area contributed by atoms with Gasteiger partial charge in [0.25, 0.3) is 0 Å². The predicted molar refractivity (Wildman–Crippen MR) is 91.9 cm³/mol.